The molecule has 0 bridgehead atoms. The molecule has 0 aliphatic rings. The van der Waals surface area contributed by atoms with Gasteiger partial charge in [-0.2, -0.15) is 0 Å². The molecule has 0 aliphatic heterocycles. The molecule has 1 amide bonds. The number of nitrogens with zero attached hydrogens (tertiary/aromatic N) is 3. The van der Waals surface area contributed by atoms with E-state index in [0.717, 1.165) is 20.3 Å². The van der Waals surface area contributed by atoms with Crippen LogP contribution in [0.15, 0.2) is 11.1 Å². The van der Waals surface area contributed by atoms with Crippen LogP contribution < -0.4 is 5.56 Å². The summed E-state index contributed by atoms with van der Waals surface area (Å²) < 4.78 is 1.48. The summed E-state index contributed by atoms with van der Waals surface area (Å²) in [5.74, 6) is -0.183. The van der Waals surface area contributed by atoms with Gasteiger partial charge in [-0.25, -0.2) is 10.0 Å². The first kappa shape index (κ1) is 14.7. The zero-order valence-electron chi connectivity index (χ0n) is 12.0. The van der Waals surface area contributed by atoms with Crippen LogP contribution in [0.4, 0.5) is 0 Å². The fourth-order valence-corrected chi connectivity index (χ4v) is 2.89. The normalized spacial score (nSPS) is 11.0. The predicted molar refractivity (Wildman–Crippen MR) is 77.8 cm³/mol. The molecule has 7 heteroatoms. The second-order valence-corrected chi connectivity index (χ2v) is 5.73. The Balaban J connectivity index is 2.28. The average Bonchev–Trinajstić information content (AvgIpc) is 2.73. The van der Waals surface area contributed by atoms with Crippen LogP contribution in [-0.2, 0) is 16.2 Å². The summed E-state index contributed by atoms with van der Waals surface area (Å²) in [7, 11) is 2.97. The molecular weight excluding hydrogens is 278 g/mol. The topological polar surface area (TPSA) is 64.4 Å². The predicted octanol–water partition coefficient (Wildman–Crippen LogP) is 1.48. The molecule has 0 saturated heterocycles. The lowest BCUT2D eigenvalue weighted by atomic mass is 10.2. The van der Waals surface area contributed by atoms with Crippen molar-refractivity contribution in [2.24, 2.45) is 0 Å². The summed E-state index contributed by atoms with van der Waals surface area (Å²) in [5, 5.41) is 1.80. The molecule has 0 atom stereocenters. The van der Waals surface area contributed by atoms with Crippen molar-refractivity contribution in [2.75, 3.05) is 14.2 Å². The van der Waals surface area contributed by atoms with Gasteiger partial charge in [-0.05, 0) is 19.4 Å². The van der Waals surface area contributed by atoms with Gasteiger partial charge < -0.3 is 0 Å². The highest BCUT2D eigenvalue weighted by Crippen LogP contribution is 2.25. The molecule has 2 rings (SSSR count). The standard InChI is InChI=1S/C13H17N3O3S/c1-8-9(2)20-12-11(8)13(18)16(7-14-12)6-5-10(17)15(3)19-4/h7H,5-6H2,1-4H3. The average molecular weight is 295 g/mol. The van der Waals surface area contributed by atoms with Crippen LogP contribution in [0.25, 0.3) is 10.2 Å². The van der Waals surface area contributed by atoms with Gasteiger partial charge in [0.15, 0.2) is 0 Å². The van der Waals surface area contributed by atoms with Gasteiger partial charge in [-0.3, -0.25) is 19.0 Å². The molecule has 2 aromatic heterocycles. The minimum atomic E-state index is -0.183. The third-order valence-electron chi connectivity index (χ3n) is 3.35. The second kappa shape index (κ2) is 5.72. The molecule has 0 N–H and O–H groups in total. The van der Waals surface area contributed by atoms with Crippen LogP contribution >= 0.6 is 11.3 Å². The first-order valence-corrected chi connectivity index (χ1v) is 7.03. The fourth-order valence-electron chi connectivity index (χ4n) is 1.90. The monoisotopic (exact) mass is 295 g/mol. The van der Waals surface area contributed by atoms with Gasteiger partial charge in [0, 0.05) is 24.9 Å². The Labute approximate surface area is 120 Å². The lowest BCUT2D eigenvalue weighted by Crippen LogP contribution is -2.28. The Kier molecular flexibility index (Phi) is 4.20. The van der Waals surface area contributed by atoms with E-state index >= 15 is 0 Å². The number of rotatable bonds is 4. The second-order valence-electron chi connectivity index (χ2n) is 4.53. The Morgan fingerprint density at radius 1 is 1.50 bits per heavy atom. The number of hydrogen-bond acceptors (Lipinski definition) is 5. The van der Waals surface area contributed by atoms with Crippen molar-refractivity contribution < 1.29 is 9.63 Å². The molecule has 0 aromatic carbocycles. The molecule has 0 aliphatic carbocycles. The number of carbonyl (C=O) groups is 1. The maximum absolute atomic E-state index is 12.4. The van der Waals surface area contributed by atoms with Crippen molar-refractivity contribution in [3.63, 3.8) is 0 Å². The van der Waals surface area contributed by atoms with Gasteiger partial charge in [0.25, 0.3) is 5.56 Å². The number of hydrogen-bond donors (Lipinski definition) is 0. The van der Waals surface area contributed by atoms with E-state index in [1.807, 2.05) is 13.8 Å². The fraction of sp³-hybridized carbons (Fsp3) is 0.462. The highest BCUT2D eigenvalue weighted by Gasteiger charge is 2.13. The van der Waals surface area contributed by atoms with Gasteiger partial charge in [0.05, 0.1) is 18.8 Å². The van der Waals surface area contributed by atoms with Gasteiger partial charge in [0.2, 0.25) is 5.91 Å². The summed E-state index contributed by atoms with van der Waals surface area (Å²) in [6, 6.07) is 0. The van der Waals surface area contributed by atoms with E-state index in [-0.39, 0.29) is 17.9 Å². The van der Waals surface area contributed by atoms with Crippen molar-refractivity contribution in [1.29, 1.82) is 0 Å². The van der Waals surface area contributed by atoms with E-state index in [4.69, 9.17) is 4.84 Å². The number of thiophene rings is 1. The summed E-state index contributed by atoms with van der Waals surface area (Å²) in [5.41, 5.74) is 0.877. The van der Waals surface area contributed by atoms with E-state index in [1.54, 1.807) is 7.05 Å². The Bertz CT molecular complexity index is 705. The van der Waals surface area contributed by atoms with E-state index in [0.29, 0.717) is 11.9 Å². The van der Waals surface area contributed by atoms with E-state index < -0.39 is 0 Å². The zero-order valence-corrected chi connectivity index (χ0v) is 12.8. The maximum Gasteiger partial charge on any atom is 0.262 e. The first-order chi connectivity index (χ1) is 9.45. The van der Waals surface area contributed by atoms with Crippen LogP contribution in [-0.4, -0.2) is 34.7 Å². The Hall–Kier alpha value is -1.73. The molecule has 0 unspecified atom stereocenters. The van der Waals surface area contributed by atoms with Gasteiger partial charge >= 0.3 is 0 Å². The third kappa shape index (κ3) is 2.59. The zero-order chi connectivity index (χ0) is 14.9. The van der Waals surface area contributed by atoms with E-state index in [2.05, 4.69) is 4.98 Å². The lowest BCUT2D eigenvalue weighted by Gasteiger charge is -2.13. The SMILES string of the molecule is CON(C)C(=O)CCn1cnc2sc(C)c(C)c2c1=O. The van der Waals surface area contributed by atoms with Crippen LogP contribution in [0.3, 0.4) is 0 Å². The van der Waals surface area contributed by atoms with Crippen LogP contribution in [0.5, 0.6) is 0 Å². The molecule has 0 fully saturated rings. The number of aromatic nitrogens is 2. The largest absolute Gasteiger partial charge is 0.298 e. The van der Waals surface area contributed by atoms with Crippen molar-refractivity contribution in [3.8, 4) is 0 Å². The highest BCUT2D eigenvalue weighted by atomic mass is 32.1. The number of fused-ring (bicyclic) bond motifs is 1. The molecule has 2 heterocycles. The number of aryl methyl sites for hydroxylation is 3. The minimum Gasteiger partial charge on any atom is -0.298 e. The molecule has 108 valence electrons. The highest BCUT2D eigenvalue weighted by molar-refractivity contribution is 7.18. The number of carbonyl (C=O) groups excluding carboxylic acids is 1. The Morgan fingerprint density at radius 3 is 2.85 bits per heavy atom. The molecule has 0 radical (unpaired) electrons. The summed E-state index contributed by atoms with van der Waals surface area (Å²) in [6.07, 6.45) is 1.69. The Morgan fingerprint density at radius 2 is 2.20 bits per heavy atom. The first-order valence-electron chi connectivity index (χ1n) is 6.21. The smallest absolute Gasteiger partial charge is 0.262 e. The van der Waals surface area contributed by atoms with Crippen LogP contribution in [0.1, 0.15) is 16.9 Å². The van der Waals surface area contributed by atoms with Gasteiger partial charge in [-0.1, -0.05) is 0 Å². The summed E-state index contributed by atoms with van der Waals surface area (Å²) >= 11 is 1.51. The van der Waals surface area contributed by atoms with Crippen molar-refractivity contribution in [2.45, 2.75) is 26.8 Å². The van der Waals surface area contributed by atoms with Gasteiger partial charge in [-0.15, -0.1) is 11.3 Å². The minimum absolute atomic E-state index is 0.0929. The molecule has 2 aromatic rings. The molecule has 6 nitrogen and oxygen atoms in total. The lowest BCUT2D eigenvalue weighted by molar-refractivity contribution is -0.168. The number of amides is 1. The molecular formula is C13H17N3O3S. The van der Waals surface area contributed by atoms with Crippen LogP contribution in [0.2, 0.25) is 0 Å². The van der Waals surface area contributed by atoms with Crippen molar-refractivity contribution in [1.82, 2.24) is 14.6 Å². The van der Waals surface area contributed by atoms with Gasteiger partial charge in [0.1, 0.15) is 4.83 Å². The van der Waals surface area contributed by atoms with Crippen LogP contribution in [0, 0.1) is 13.8 Å². The van der Waals surface area contributed by atoms with Crippen molar-refractivity contribution >= 4 is 27.5 Å². The maximum atomic E-state index is 12.4. The van der Waals surface area contributed by atoms with Crippen molar-refractivity contribution in [3.05, 3.63) is 27.1 Å². The molecule has 0 spiro atoms. The van der Waals surface area contributed by atoms with E-state index in [1.165, 1.54) is 29.3 Å². The third-order valence-corrected chi connectivity index (χ3v) is 4.46. The molecule has 20 heavy (non-hydrogen) atoms. The number of hydroxylamine groups is 2. The quantitative estimate of drug-likeness (QED) is 0.802. The van der Waals surface area contributed by atoms with E-state index in [9.17, 15) is 9.59 Å². The molecule has 0 saturated carbocycles. The summed E-state index contributed by atoms with van der Waals surface area (Å²) in [4.78, 5) is 35.0. The summed E-state index contributed by atoms with van der Waals surface area (Å²) in [6.45, 7) is 4.19.